The Labute approximate surface area is 137 Å². The number of nitrogens with zero attached hydrogens (tertiary/aromatic N) is 3. The number of hydrogen-bond donors (Lipinski definition) is 1. The van der Waals surface area contributed by atoms with Gasteiger partial charge in [0.1, 0.15) is 0 Å². The van der Waals surface area contributed by atoms with Crippen molar-refractivity contribution in [1.29, 1.82) is 0 Å². The van der Waals surface area contributed by atoms with Crippen LogP contribution in [0.2, 0.25) is 0 Å². The molecule has 0 radical (unpaired) electrons. The predicted octanol–water partition coefficient (Wildman–Crippen LogP) is 3.03. The van der Waals surface area contributed by atoms with Crippen LogP contribution in [0.25, 0.3) is 11.5 Å². The Morgan fingerprint density at radius 1 is 1.26 bits per heavy atom. The van der Waals surface area contributed by atoms with Gasteiger partial charge < -0.3 is 9.63 Å². The van der Waals surface area contributed by atoms with E-state index in [-0.39, 0.29) is 12.0 Å². The molecule has 5 heteroatoms. The highest BCUT2D eigenvalue weighted by molar-refractivity contribution is 5.57. The summed E-state index contributed by atoms with van der Waals surface area (Å²) in [7, 11) is 0. The van der Waals surface area contributed by atoms with Gasteiger partial charge >= 0.3 is 0 Å². The van der Waals surface area contributed by atoms with Crippen LogP contribution in [0.1, 0.15) is 37.6 Å². The van der Waals surface area contributed by atoms with Crippen molar-refractivity contribution in [3.05, 3.63) is 35.7 Å². The molecule has 0 spiro atoms. The number of aliphatic hydroxyl groups excluding tert-OH is 1. The van der Waals surface area contributed by atoms with E-state index in [1.807, 2.05) is 31.2 Å². The summed E-state index contributed by atoms with van der Waals surface area (Å²) in [5, 5.41) is 13.7. The van der Waals surface area contributed by atoms with Crippen molar-refractivity contribution >= 4 is 0 Å². The van der Waals surface area contributed by atoms with Crippen LogP contribution in [0.3, 0.4) is 0 Å². The number of aryl methyl sites for hydroxylation is 1. The van der Waals surface area contributed by atoms with Gasteiger partial charge in [0.2, 0.25) is 0 Å². The highest BCUT2D eigenvalue weighted by atomic mass is 16.5. The molecular weight excluding hydrogens is 290 g/mol. The lowest BCUT2D eigenvalue weighted by Crippen LogP contribution is -2.41. The van der Waals surface area contributed by atoms with Crippen LogP contribution in [0.5, 0.6) is 0 Å². The van der Waals surface area contributed by atoms with Crippen molar-refractivity contribution in [2.24, 2.45) is 5.41 Å². The van der Waals surface area contributed by atoms with Gasteiger partial charge in [-0.15, -0.1) is 0 Å². The van der Waals surface area contributed by atoms with E-state index in [9.17, 15) is 5.11 Å². The van der Waals surface area contributed by atoms with E-state index >= 15 is 0 Å². The SMILES string of the molecule is CCC1(CO)CCN(Cc2noc(-c3ccccc3C)n2)CC1. The third-order valence-corrected chi connectivity index (χ3v) is 5.21. The molecule has 124 valence electrons. The van der Waals surface area contributed by atoms with Crippen LogP contribution in [-0.2, 0) is 6.54 Å². The van der Waals surface area contributed by atoms with Crippen LogP contribution in [0.15, 0.2) is 28.8 Å². The zero-order chi connectivity index (χ0) is 16.3. The van der Waals surface area contributed by atoms with E-state index in [2.05, 4.69) is 22.0 Å². The van der Waals surface area contributed by atoms with Crippen molar-refractivity contribution in [3.63, 3.8) is 0 Å². The molecule has 0 saturated carbocycles. The fraction of sp³-hybridized carbons (Fsp3) is 0.556. The van der Waals surface area contributed by atoms with E-state index in [1.54, 1.807) is 0 Å². The van der Waals surface area contributed by atoms with Gasteiger partial charge in [-0.3, -0.25) is 4.90 Å². The Bertz CT molecular complexity index is 639. The molecule has 1 aliphatic heterocycles. The quantitative estimate of drug-likeness (QED) is 0.919. The van der Waals surface area contributed by atoms with Gasteiger partial charge in [0.15, 0.2) is 5.82 Å². The van der Waals surface area contributed by atoms with Gasteiger partial charge in [0, 0.05) is 12.2 Å². The second-order valence-electron chi connectivity index (χ2n) is 6.62. The molecule has 0 aliphatic carbocycles. The second kappa shape index (κ2) is 6.81. The summed E-state index contributed by atoms with van der Waals surface area (Å²) in [5.41, 5.74) is 2.24. The minimum Gasteiger partial charge on any atom is -0.396 e. The Hall–Kier alpha value is -1.72. The molecule has 0 atom stereocenters. The summed E-state index contributed by atoms with van der Waals surface area (Å²) < 4.78 is 5.43. The van der Waals surface area contributed by atoms with E-state index in [4.69, 9.17) is 4.52 Å². The van der Waals surface area contributed by atoms with Gasteiger partial charge in [-0.1, -0.05) is 30.3 Å². The smallest absolute Gasteiger partial charge is 0.258 e. The Morgan fingerprint density at radius 3 is 2.65 bits per heavy atom. The Kier molecular flexibility index (Phi) is 4.78. The maximum Gasteiger partial charge on any atom is 0.258 e. The van der Waals surface area contributed by atoms with Gasteiger partial charge in [-0.25, -0.2) is 0 Å². The average Bonchev–Trinajstić information content (AvgIpc) is 3.04. The molecule has 0 bridgehead atoms. The monoisotopic (exact) mass is 315 g/mol. The number of hydrogen-bond acceptors (Lipinski definition) is 5. The highest BCUT2D eigenvalue weighted by Gasteiger charge is 2.32. The minimum absolute atomic E-state index is 0.111. The van der Waals surface area contributed by atoms with Gasteiger partial charge in [0.05, 0.1) is 6.54 Å². The standard InChI is InChI=1S/C18H25N3O2/c1-3-18(13-22)8-10-21(11-9-18)12-16-19-17(23-20-16)15-7-5-4-6-14(15)2/h4-7,22H,3,8-13H2,1-2H3. The van der Waals surface area contributed by atoms with Crippen molar-refractivity contribution in [1.82, 2.24) is 15.0 Å². The van der Waals surface area contributed by atoms with Gasteiger partial charge in [0.25, 0.3) is 5.89 Å². The maximum absolute atomic E-state index is 9.61. The van der Waals surface area contributed by atoms with Crippen LogP contribution in [0.4, 0.5) is 0 Å². The van der Waals surface area contributed by atoms with E-state index in [1.165, 1.54) is 0 Å². The summed E-state index contributed by atoms with van der Waals surface area (Å²) in [4.78, 5) is 6.89. The molecule has 1 fully saturated rings. The molecule has 1 aromatic carbocycles. The first-order chi connectivity index (χ1) is 11.2. The number of aromatic nitrogens is 2. The topological polar surface area (TPSA) is 62.4 Å². The number of rotatable bonds is 5. The predicted molar refractivity (Wildman–Crippen MR) is 88.8 cm³/mol. The fourth-order valence-corrected chi connectivity index (χ4v) is 3.25. The van der Waals surface area contributed by atoms with Gasteiger partial charge in [-0.05, 0) is 56.3 Å². The molecule has 2 heterocycles. The largest absolute Gasteiger partial charge is 0.396 e. The molecule has 0 amide bonds. The molecule has 1 N–H and O–H groups in total. The summed E-state index contributed by atoms with van der Waals surface area (Å²) in [5.74, 6) is 1.32. The van der Waals surface area contributed by atoms with Crippen molar-refractivity contribution < 1.29 is 9.63 Å². The van der Waals surface area contributed by atoms with Crippen molar-refractivity contribution in [3.8, 4) is 11.5 Å². The molecule has 23 heavy (non-hydrogen) atoms. The lowest BCUT2D eigenvalue weighted by Gasteiger charge is -2.39. The Balaban J connectivity index is 1.64. The molecular formula is C18H25N3O2. The molecule has 1 saturated heterocycles. The first kappa shape index (κ1) is 16.1. The summed E-state index contributed by atoms with van der Waals surface area (Å²) in [6, 6.07) is 8.04. The molecule has 3 rings (SSSR count). The lowest BCUT2D eigenvalue weighted by atomic mass is 9.77. The second-order valence-corrected chi connectivity index (χ2v) is 6.62. The molecule has 1 aliphatic rings. The average molecular weight is 315 g/mol. The minimum atomic E-state index is 0.111. The zero-order valence-corrected chi connectivity index (χ0v) is 14.0. The van der Waals surface area contributed by atoms with E-state index in [0.29, 0.717) is 12.4 Å². The number of benzene rings is 1. The molecule has 0 unspecified atom stereocenters. The van der Waals surface area contributed by atoms with Crippen LogP contribution in [-0.4, -0.2) is 39.8 Å². The molecule has 5 nitrogen and oxygen atoms in total. The zero-order valence-electron chi connectivity index (χ0n) is 14.0. The van der Waals surface area contributed by atoms with Crippen LogP contribution >= 0.6 is 0 Å². The first-order valence-corrected chi connectivity index (χ1v) is 8.37. The first-order valence-electron chi connectivity index (χ1n) is 8.37. The van der Waals surface area contributed by atoms with E-state index in [0.717, 1.165) is 49.3 Å². The number of likely N-dealkylation sites (tertiary alicyclic amines) is 1. The third kappa shape index (κ3) is 3.46. The summed E-state index contributed by atoms with van der Waals surface area (Å²) in [6.07, 6.45) is 3.10. The van der Waals surface area contributed by atoms with Crippen LogP contribution in [0, 0.1) is 12.3 Å². The summed E-state index contributed by atoms with van der Waals surface area (Å²) in [6.45, 7) is 7.16. The van der Waals surface area contributed by atoms with Crippen LogP contribution < -0.4 is 0 Å². The lowest BCUT2D eigenvalue weighted by molar-refractivity contribution is 0.0371. The highest BCUT2D eigenvalue weighted by Crippen LogP contribution is 2.34. The van der Waals surface area contributed by atoms with Crippen molar-refractivity contribution in [2.75, 3.05) is 19.7 Å². The number of piperidine rings is 1. The maximum atomic E-state index is 9.61. The summed E-state index contributed by atoms with van der Waals surface area (Å²) >= 11 is 0. The Morgan fingerprint density at radius 2 is 2.00 bits per heavy atom. The van der Waals surface area contributed by atoms with E-state index < -0.39 is 0 Å². The van der Waals surface area contributed by atoms with Crippen molar-refractivity contribution in [2.45, 2.75) is 39.7 Å². The van der Waals surface area contributed by atoms with Gasteiger partial charge in [-0.2, -0.15) is 4.98 Å². The fourth-order valence-electron chi connectivity index (χ4n) is 3.25. The third-order valence-electron chi connectivity index (χ3n) is 5.21. The number of aliphatic hydroxyl groups is 1. The molecule has 2 aromatic rings. The normalized spacial score (nSPS) is 18.2. The molecule has 1 aromatic heterocycles.